The molecular weight excluding hydrogens is 508 g/mol. The van der Waals surface area contributed by atoms with Gasteiger partial charge in [-0.3, -0.25) is 19.2 Å². The quantitative estimate of drug-likeness (QED) is 0.370. The van der Waals surface area contributed by atoms with Crippen molar-refractivity contribution in [2.75, 3.05) is 33.3 Å². The molecule has 3 fully saturated rings. The Bertz CT molecular complexity index is 1200. The van der Waals surface area contributed by atoms with E-state index < -0.39 is 11.7 Å². The van der Waals surface area contributed by atoms with Crippen LogP contribution in [0.15, 0.2) is 24.4 Å². The minimum atomic E-state index is -0.815. The molecule has 0 radical (unpaired) electrons. The van der Waals surface area contributed by atoms with Crippen molar-refractivity contribution in [1.82, 2.24) is 19.7 Å². The largest absolute Gasteiger partial charge is 0.497 e. The maximum absolute atomic E-state index is 14.0. The van der Waals surface area contributed by atoms with Gasteiger partial charge < -0.3 is 24.4 Å². The predicted octanol–water partition coefficient (Wildman–Crippen LogP) is 4.30. The number of carbonyl (C=O) groups is 4. The second kappa shape index (κ2) is 12.9. The number of aromatic nitrogens is 1. The molecule has 0 atom stereocenters. The van der Waals surface area contributed by atoms with Gasteiger partial charge in [0, 0.05) is 48.3 Å². The zero-order chi connectivity index (χ0) is 28.1. The number of benzene rings is 1. The van der Waals surface area contributed by atoms with E-state index >= 15 is 0 Å². The van der Waals surface area contributed by atoms with Crippen molar-refractivity contribution in [3.05, 3.63) is 30.0 Å². The van der Waals surface area contributed by atoms with Crippen LogP contribution < -0.4 is 4.74 Å². The second-order valence-corrected chi connectivity index (χ2v) is 11.6. The molecule has 2 heterocycles. The van der Waals surface area contributed by atoms with E-state index in [1.807, 2.05) is 4.90 Å². The highest BCUT2D eigenvalue weighted by atomic mass is 16.5. The monoisotopic (exact) mass is 550 g/mol. The van der Waals surface area contributed by atoms with Crippen molar-refractivity contribution in [1.29, 1.82) is 0 Å². The number of amides is 3. The predicted molar refractivity (Wildman–Crippen MR) is 152 cm³/mol. The zero-order valence-corrected chi connectivity index (χ0v) is 23.7. The van der Waals surface area contributed by atoms with Crippen molar-refractivity contribution < 1.29 is 23.9 Å². The number of Topliss-reactive ketones (excluding diaryl/α,β-unsaturated/α-hetero) is 1. The number of rotatable bonds is 9. The first-order valence-corrected chi connectivity index (χ1v) is 15.0. The molecule has 3 amide bonds. The first-order valence-electron chi connectivity index (χ1n) is 15.0. The molecule has 1 saturated heterocycles. The SMILES string of the molecule is COc1ccc2c(C(=O)C(=O)N(CC(=O)N3CCCC3)CC(=O)N(C3CCCCC3)C3CCCCC3)c[nH]c2c1. The number of fused-ring (bicyclic) bond motifs is 1. The molecule has 0 bridgehead atoms. The standard InChI is InChI=1S/C31H42N4O5/c1-40-24-14-15-25-26(19-32-27(25)18-24)30(38)31(39)34(20-28(36)33-16-8-9-17-33)21-29(37)35(22-10-4-2-5-11-22)23-12-6-3-7-13-23/h14-15,18-19,22-23,32H,2-13,16-17,20-21H2,1H3. The minimum Gasteiger partial charge on any atom is -0.497 e. The van der Waals surface area contributed by atoms with Gasteiger partial charge in [-0.15, -0.1) is 0 Å². The first-order chi connectivity index (χ1) is 19.5. The highest BCUT2D eigenvalue weighted by molar-refractivity contribution is 6.45. The molecule has 9 heteroatoms. The molecule has 216 valence electrons. The van der Waals surface area contributed by atoms with Gasteiger partial charge in [0.15, 0.2) is 0 Å². The lowest BCUT2D eigenvalue weighted by Gasteiger charge is -2.42. The summed E-state index contributed by atoms with van der Waals surface area (Å²) in [5.74, 6) is -1.26. The molecule has 1 aromatic carbocycles. The Hall–Kier alpha value is -3.36. The van der Waals surface area contributed by atoms with Crippen molar-refractivity contribution in [2.45, 2.75) is 89.1 Å². The fourth-order valence-corrected chi connectivity index (χ4v) is 6.78. The number of H-pyrrole nitrogens is 1. The summed E-state index contributed by atoms with van der Waals surface area (Å²) in [6.07, 6.45) is 14.0. The smallest absolute Gasteiger partial charge is 0.295 e. The third kappa shape index (κ3) is 6.18. The van der Waals surface area contributed by atoms with E-state index in [1.165, 1.54) is 23.9 Å². The number of ketones is 1. The van der Waals surface area contributed by atoms with Gasteiger partial charge in [-0.25, -0.2) is 0 Å². The number of hydrogen-bond donors (Lipinski definition) is 1. The summed E-state index contributed by atoms with van der Waals surface area (Å²) in [7, 11) is 1.57. The van der Waals surface area contributed by atoms with Crippen LogP contribution in [0.2, 0.25) is 0 Å². The van der Waals surface area contributed by atoms with E-state index in [0.29, 0.717) is 29.7 Å². The Morgan fingerprint density at radius 3 is 2.10 bits per heavy atom. The van der Waals surface area contributed by atoms with Crippen molar-refractivity contribution in [2.24, 2.45) is 0 Å². The second-order valence-electron chi connectivity index (χ2n) is 11.6. The van der Waals surface area contributed by atoms with Crippen LogP contribution in [0.1, 0.15) is 87.4 Å². The van der Waals surface area contributed by atoms with Gasteiger partial charge in [0.25, 0.3) is 11.7 Å². The van der Waals surface area contributed by atoms with E-state index in [4.69, 9.17) is 4.74 Å². The van der Waals surface area contributed by atoms with E-state index in [9.17, 15) is 19.2 Å². The van der Waals surface area contributed by atoms with E-state index in [1.54, 1.807) is 30.2 Å². The van der Waals surface area contributed by atoms with Crippen LogP contribution in [0.3, 0.4) is 0 Å². The summed E-state index contributed by atoms with van der Waals surface area (Å²) in [6, 6.07) is 5.57. The maximum atomic E-state index is 14.0. The number of likely N-dealkylation sites (tertiary alicyclic amines) is 1. The number of methoxy groups -OCH3 is 1. The first kappa shape index (κ1) is 28.2. The van der Waals surface area contributed by atoms with Gasteiger partial charge in [-0.2, -0.15) is 0 Å². The molecule has 1 aromatic heterocycles. The van der Waals surface area contributed by atoms with E-state index in [2.05, 4.69) is 4.98 Å². The summed E-state index contributed by atoms with van der Waals surface area (Å²) >= 11 is 0. The van der Waals surface area contributed by atoms with Gasteiger partial charge in [0.2, 0.25) is 11.8 Å². The fraction of sp³-hybridized carbons (Fsp3) is 0.613. The van der Waals surface area contributed by atoms with Gasteiger partial charge >= 0.3 is 0 Å². The van der Waals surface area contributed by atoms with E-state index in [0.717, 1.165) is 64.2 Å². The average Bonchev–Trinajstić information content (AvgIpc) is 3.68. The van der Waals surface area contributed by atoms with Gasteiger partial charge in [-0.05, 0) is 50.7 Å². The van der Waals surface area contributed by atoms with Gasteiger partial charge in [0.1, 0.15) is 18.8 Å². The number of ether oxygens (including phenoxy) is 1. The summed E-state index contributed by atoms with van der Waals surface area (Å²) in [6.45, 7) is 0.760. The van der Waals surface area contributed by atoms with Gasteiger partial charge in [-0.1, -0.05) is 38.5 Å². The van der Waals surface area contributed by atoms with Crippen LogP contribution in [0.5, 0.6) is 5.75 Å². The molecule has 1 aliphatic heterocycles. The Morgan fingerprint density at radius 2 is 1.50 bits per heavy atom. The molecule has 3 aliphatic rings. The molecule has 0 spiro atoms. The fourth-order valence-electron chi connectivity index (χ4n) is 6.78. The van der Waals surface area contributed by atoms with Crippen LogP contribution in [0, 0.1) is 0 Å². The lowest BCUT2D eigenvalue weighted by molar-refractivity contribution is -0.145. The molecule has 0 unspecified atom stereocenters. The molecule has 9 nitrogen and oxygen atoms in total. The Balaban J connectivity index is 1.40. The van der Waals surface area contributed by atoms with Crippen LogP contribution in [0.4, 0.5) is 0 Å². The van der Waals surface area contributed by atoms with Crippen molar-refractivity contribution in [3.8, 4) is 5.75 Å². The Morgan fingerprint density at radius 1 is 0.875 bits per heavy atom. The normalized spacial score (nSPS) is 18.6. The minimum absolute atomic E-state index is 0.141. The maximum Gasteiger partial charge on any atom is 0.295 e. The zero-order valence-electron chi connectivity index (χ0n) is 23.7. The third-order valence-electron chi connectivity index (χ3n) is 8.95. The highest BCUT2D eigenvalue weighted by Crippen LogP contribution is 2.31. The summed E-state index contributed by atoms with van der Waals surface area (Å²) in [5.41, 5.74) is 0.900. The number of hydrogen-bond acceptors (Lipinski definition) is 5. The van der Waals surface area contributed by atoms with Crippen LogP contribution >= 0.6 is 0 Å². The third-order valence-corrected chi connectivity index (χ3v) is 8.95. The van der Waals surface area contributed by atoms with Crippen LogP contribution in [0.25, 0.3) is 10.9 Å². The number of nitrogens with one attached hydrogen (secondary N) is 1. The summed E-state index contributed by atoms with van der Waals surface area (Å²) in [5, 5.41) is 0.599. The van der Waals surface area contributed by atoms with Crippen molar-refractivity contribution in [3.63, 3.8) is 0 Å². The van der Waals surface area contributed by atoms with Crippen LogP contribution in [-0.2, 0) is 14.4 Å². The Kier molecular flexibility index (Phi) is 9.07. The topological polar surface area (TPSA) is 103 Å². The lowest BCUT2D eigenvalue weighted by atomic mass is 9.88. The molecule has 1 N–H and O–H groups in total. The summed E-state index contributed by atoms with van der Waals surface area (Å²) in [4.78, 5) is 62.6. The van der Waals surface area contributed by atoms with E-state index in [-0.39, 0.29) is 42.6 Å². The van der Waals surface area contributed by atoms with Gasteiger partial charge in [0.05, 0.1) is 12.7 Å². The molecular formula is C31H42N4O5. The summed E-state index contributed by atoms with van der Waals surface area (Å²) < 4.78 is 5.27. The molecule has 5 rings (SSSR count). The lowest BCUT2D eigenvalue weighted by Crippen LogP contribution is -2.54. The molecule has 2 saturated carbocycles. The van der Waals surface area contributed by atoms with Crippen molar-refractivity contribution >= 4 is 34.4 Å². The average molecular weight is 551 g/mol. The number of carbonyl (C=O) groups excluding carboxylic acids is 4. The number of nitrogens with zero attached hydrogens (tertiary/aromatic N) is 3. The number of aromatic amines is 1. The molecule has 2 aliphatic carbocycles. The molecule has 2 aromatic rings. The van der Waals surface area contributed by atoms with Crippen LogP contribution in [-0.4, -0.2) is 88.6 Å². The highest BCUT2D eigenvalue weighted by Gasteiger charge is 2.36. The Labute approximate surface area is 236 Å². The molecule has 40 heavy (non-hydrogen) atoms.